The third-order valence-corrected chi connectivity index (χ3v) is 2.18. The molecule has 0 radical (unpaired) electrons. The van der Waals surface area contributed by atoms with Crippen molar-refractivity contribution in [1.82, 2.24) is 15.0 Å². The van der Waals surface area contributed by atoms with Gasteiger partial charge in [-0.1, -0.05) is 0 Å². The molecule has 0 bridgehead atoms. The van der Waals surface area contributed by atoms with Crippen molar-refractivity contribution in [2.75, 3.05) is 0 Å². The molecule has 0 atom stereocenters. The lowest BCUT2D eigenvalue weighted by atomic mass is 10.5. The van der Waals surface area contributed by atoms with Gasteiger partial charge in [-0.25, -0.2) is 15.0 Å². The number of halogens is 2. The summed E-state index contributed by atoms with van der Waals surface area (Å²) in [7, 11) is 0. The molecule has 6 heteroatoms. The zero-order chi connectivity index (χ0) is 11.1. The largest absolute Gasteiger partial charge is 0.505 e. The van der Waals surface area contributed by atoms with Gasteiger partial charge in [0.1, 0.15) is 10.9 Å². The van der Waals surface area contributed by atoms with Crippen LogP contribution in [-0.2, 0) is 0 Å². The summed E-state index contributed by atoms with van der Waals surface area (Å²) in [5, 5.41) is 8.51. The Hall–Kier alpha value is -1.01. The van der Waals surface area contributed by atoms with E-state index in [1.54, 1.807) is 6.20 Å². The average Bonchev–Trinajstić information content (AvgIpc) is 2.25. The number of aromatic nitrogens is 3. The summed E-state index contributed by atoms with van der Waals surface area (Å²) in [6.45, 7) is 0. The van der Waals surface area contributed by atoms with Crippen molar-refractivity contribution in [2.45, 2.75) is 0 Å². The third kappa shape index (κ3) is 5.44. The van der Waals surface area contributed by atoms with Crippen LogP contribution in [0.1, 0.15) is 0 Å². The van der Waals surface area contributed by atoms with Crippen LogP contribution in [0.15, 0.2) is 46.1 Å². The monoisotopic (exact) mass is 331 g/mol. The minimum atomic E-state index is 0.0995. The van der Waals surface area contributed by atoms with Crippen LogP contribution in [0.2, 0.25) is 0 Å². The van der Waals surface area contributed by atoms with E-state index in [9.17, 15) is 0 Å². The van der Waals surface area contributed by atoms with Crippen LogP contribution < -0.4 is 0 Å². The van der Waals surface area contributed by atoms with Crippen LogP contribution >= 0.6 is 31.9 Å². The van der Waals surface area contributed by atoms with Crippen LogP contribution in [0.4, 0.5) is 0 Å². The number of hydrogen-bond donors (Lipinski definition) is 1. The number of pyridine rings is 1. The Morgan fingerprint density at radius 2 is 1.67 bits per heavy atom. The fourth-order valence-corrected chi connectivity index (χ4v) is 1.12. The molecule has 0 aliphatic carbocycles. The highest BCUT2D eigenvalue weighted by Gasteiger charge is 1.84. The molecule has 0 saturated heterocycles. The standard InChI is InChI=1S/C5H3Br2N.C4H4N2O/c6-4-1-2-5(7)8-3-4;7-4-1-5-3-6-2-4/h1-3H;1-3,7H. The van der Waals surface area contributed by atoms with E-state index in [4.69, 9.17) is 5.11 Å². The molecular formula is C9H7Br2N3O. The summed E-state index contributed by atoms with van der Waals surface area (Å²) in [6, 6.07) is 3.81. The van der Waals surface area contributed by atoms with E-state index in [1.807, 2.05) is 12.1 Å². The maximum atomic E-state index is 8.51. The lowest BCUT2D eigenvalue weighted by Crippen LogP contribution is -1.70. The van der Waals surface area contributed by atoms with Crippen LogP contribution in [0.25, 0.3) is 0 Å². The Labute approximate surface area is 104 Å². The van der Waals surface area contributed by atoms with E-state index in [0.717, 1.165) is 9.08 Å². The Bertz CT molecular complexity index is 373. The van der Waals surface area contributed by atoms with E-state index >= 15 is 0 Å². The quantitative estimate of drug-likeness (QED) is 0.754. The first-order valence-electron chi connectivity index (χ1n) is 3.89. The zero-order valence-electron chi connectivity index (χ0n) is 7.51. The molecular weight excluding hydrogens is 326 g/mol. The van der Waals surface area contributed by atoms with Gasteiger partial charge in [0, 0.05) is 10.7 Å². The second kappa shape index (κ2) is 6.47. The zero-order valence-corrected chi connectivity index (χ0v) is 10.7. The second-order valence-corrected chi connectivity index (χ2v) is 4.12. The van der Waals surface area contributed by atoms with Crippen molar-refractivity contribution in [1.29, 1.82) is 0 Å². The molecule has 2 heterocycles. The van der Waals surface area contributed by atoms with E-state index < -0.39 is 0 Å². The Kier molecular flexibility index (Phi) is 5.20. The highest BCUT2D eigenvalue weighted by Crippen LogP contribution is 2.10. The first-order valence-corrected chi connectivity index (χ1v) is 5.48. The molecule has 78 valence electrons. The van der Waals surface area contributed by atoms with Crippen molar-refractivity contribution in [3.63, 3.8) is 0 Å². The summed E-state index contributed by atoms with van der Waals surface area (Å²) in [5.74, 6) is 0.0995. The molecule has 0 saturated carbocycles. The van der Waals surface area contributed by atoms with E-state index in [1.165, 1.54) is 18.7 Å². The molecule has 0 spiro atoms. The third-order valence-electron chi connectivity index (χ3n) is 1.24. The molecule has 2 rings (SSSR count). The molecule has 2 aromatic rings. The van der Waals surface area contributed by atoms with Crippen LogP contribution in [-0.4, -0.2) is 20.1 Å². The van der Waals surface area contributed by atoms with Gasteiger partial charge in [-0.15, -0.1) is 0 Å². The van der Waals surface area contributed by atoms with Gasteiger partial charge in [0.25, 0.3) is 0 Å². The van der Waals surface area contributed by atoms with Gasteiger partial charge in [0.15, 0.2) is 5.75 Å². The molecule has 1 N–H and O–H groups in total. The summed E-state index contributed by atoms with van der Waals surface area (Å²) < 4.78 is 1.86. The average molecular weight is 333 g/mol. The highest BCUT2D eigenvalue weighted by molar-refractivity contribution is 9.11. The molecule has 4 nitrogen and oxygen atoms in total. The van der Waals surface area contributed by atoms with Crippen LogP contribution in [0, 0.1) is 0 Å². The molecule has 0 aliphatic heterocycles. The van der Waals surface area contributed by atoms with Crippen molar-refractivity contribution in [3.8, 4) is 5.75 Å². The predicted octanol–water partition coefficient (Wildman–Crippen LogP) is 2.79. The van der Waals surface area contributed by atoms with Gasteiger partial charge in [-0.3, -0.25) is 0 Å². The van der Waals surface area contributed by atoms with Crippen molar-refractivity contribution in [3.05, 3.63) is 46.1 Å². The lowest BCUT2D eigenvalue weighted by Gasteiger charge is -1.86. The van der Waals surface area contributed by atoms with Crippen molar-refractivity contribution < 1.29 is 5.11 Å². The SMILES string of the molecule is Brc1ccc(Br)nc1.Oc1cncnc1. The van der Waals surface area contributed by atoms with Crippen LogP contribution in [0.5, 0.6) is 5.75 Å². The second-order valence-electron chi connectivity index (χ2n) is 2.40. The number of nitrogens with zero attached hydrogens (tertiary/aromatic N) is 3. The first kappa shape index (κ1) is 12.1. The lowest BCUT2D eigenvalue weighted by molar-refractivity contribution is 0.469. The summed E-state index contributed by atoms with van der Waals surface area (Å²) >= 11 is 6.48. The Balaban J connectivity index is 0.000000151. The van der Waals surface area contributed by atoms with Gasteiger partial charge >= 0.3 is 0 Å². The molecule has 0 unspecified atom stereocenters. The van der Waals surface area contributed by atoms with Gasteiger partial charge in [0.2, 0.25) is 0 Å². The van der Waals surface area contributed by atoms with E-state index in [0.29, 0.717) is 0 Å². The summed E-state index contributed by atoms with van der Waals surface area (Å²) in [4.78, 5) is 11.0. The molecule has 2 aromatic heterocycles. The Morgan fingerprint density at radius 3 is 2.00 bits per heavy atom. The molecule has 0 amide bonds. The van der Waals surface area contributed by atoms with E-state index in [2.05, 4.69) is 46.8 Å². The van der Waals surface area contributed by atoms with Gasteiger partial charge in [0.05, 0.1) is 12.4 Å². The number of hydrogen-bond acceptors (Lipinski definition) is 4. The van der Waals surface area contributed by atoms with Gasteiger partial charge < -0.3 is 5.11 Å². The van der Waals surface area contributed by atoms with Gasteiger partial charge in [-0.05, 0) is 44.0 Å². The Morgan fingerprint density at radius 1 is 1.00 bits per heavy atom. The predicted molar refractivity (Wildman–Crippen MR) is 63.3 cm³/mol. The van der Waals surface area contributed by atoms with Gasteiger partial charge in [-0.2, -0.15) is 0 Å². The minimum absolute atomic E-state index is 0.0995. The highest BCUT2D eigenvalue weighted by atomic mass is 79.9. The maximum absolute atomic E-state index is 8.51. The van der Waals surface area contributed by atoms with Crippen molar-refractivity contribution in [2.24, 2.45) is 0 Å². The topological polar surface area (TPSA) is 58.9 Å². The normalized spacial score (nSPS) is 8.93. The minimum Gasteiger partial charge on any atom is -0.505 e. The molecule has 0 fully saturated rings. The van der Waals surface area contributed by atoms with Crippen molar-refractivity contribution >= 4 is 31.9 Å². The maximum Gasteiger partial charge on any atom is 0.152 e. The first-order chi connectivity index (χ1) is 7.18. The molecule has 0 aliphatic rings. The molecule has 0 aromatic carbocycles. The fraction of sp³-hybridized carbons (Fsp3) is 0. The van der Waals surface area contributed by atoms with E-state index in [-0.39, 0.29) is 5.75 Å². The summed E-state index contributed by atoms with van der Waals surface area (Å²) in [5.41, 5.74) is 0. The smallest absolute Gasteiger partial charge is 0.152 e. The summed E-state index contributed by atoms with van der Waals surface area (Å²) in [6.07, 6.45) is 5.75. The van der Waals surface area contributed by atoms with Crippen LogP contribution in [0.3, 0.4) is 0 Å². The number of rotatable bonds is 0. The molecule has 15 heavy (non-hydrogen) atoms. The fourth-order valence-electron chi connectivity index (χ4n) is 0.649. The number of aromatic hydroxyl groups is 1.